The number of carbonyl (C=O) groups is 2. The first-order chi connectivity index (χ1) is 26.0. The topological polar surface area (TPSA) is 150 Å². The lowest BCUT2D eigenvalue weighted by Gasteiger charge is -2.25. The number of nitrogens with one attached hydrogen (secondary N) is 1. The van der Waals surface area contributed by atoms with Crippen molar-refractivity contribution in [2.75, 3.05) is 65.0 Å². The molecule has 0 aromatic carbocycles. The molecule has 0 aliphatic carbocycles. The van der Waals surface area contributed by atoms with Crippen molar-refractivity contribution in [1.82, 2.24) is 15.0 Å². The fraction of sp³-hybridized carbons (Fsp3) is 0.553. The van der Waals surface area contributed by atoms with Crippen LogP contribution in [0.25, 0.3) is 28.6 Å². The van der Waals surface area contributed by atoms with Crippen LogP contribution in [0.5, 0.6) is 0 Å². The SMILES string of the molecule is C.C.CC(C)(C)OC(=O)Nc1cc2sc(N3CCCCC3)nc2s1.Cl.Nc1cc2sc(N3CCCCC3)nc2s1.O=C(O)c1cc2sc(N3CCCCC3)nc2s1. The Bertz CT molecular complexity index is 2090. The van der Waals surface area contributed by atoms with Crippen LogP contribution in [0, 0.1) is 0 Å². The number of rotatable bonds is 5. The van der Waals surface area contributed by atoms with Gasteiger partial charge in [-0.2, -0.15) is 0 Å². The molecule has 19 heteroatoms. The van der Waals surface area contributed by atoms with E-state index in [1.807, 2.05) is 32.9 Å². The van der Waals surface area contributed by atoms with Gasteiger partial charge in [0.2, 0.25) is 0 Å². The summed E-state index contributed by atoms with van der Waals surface area (Å²) in [5.74, 6) is -0.861. The smallest absolute Gasteiger partial charge is 0.412 e. The highest BCUT2D eigenvalue weighted by Crippen LogP contribution is 2.39. The van der Waals surface area contributed by atoms with E-state index in [-0.39, 0.29) is 27.3 Å². The van der Waals surface area contributed by atoms with Crippen molar-refractivity contribution in [3.05, 3.63) is 23.1 Å². The first-order valence-electron chi connectivity index (χ1n) is 18.4. The monoisotopic (exact) mass is 914 g/mol. The maximum atomic E-state index is 11.8. The van der Waals surface area contributed by atoms with E-state index < -0.39 is 17.7 Å². The third kappa shape index (κ3) is 12.3. The molecule has 9 heterocycles. The third-order valence-electron chi connectivity index (χ3n) is 8.97. The molecule has 0 bridgehead atoms. The number of nitrogens with zero attached hydrogens (tertiary/aromatic N) is 6. The molecule has 57 heavy (non-hydrogen) atoms. The number of carboxylic acids is 1. The summed E-state index contributed by atoms with van der Waals surface area (Å²) in [6.07, 6.45) is 11.1. The molecule has 0 saturated carbocycles. The average Bonchev–Trinajstić information content (AvgIpc) is 3.98. The van der Waals surface area contributed by atoms with Crippen molar-refractivity contribution >= 4 is 146 Å². The Balaban J connectivity index is 0.000000188. The van der Waals surface area contributed by atoms with Crippen molar-refractivity contribution in [3.8, 4) is 0 Å². The number of halogens is 1. The van der Waals surface area contributed by atoms with Gasteiger partial charge in [0.1, 0.15) is 30.0 Å². The first kappa shape index (κ1) is 46.7. The van der Waals surface area contributed by atoms with Crippen molar-refractivity contribution in [2.24, 2.45) is 0 Å². The number of anilines is 5. The van der Waals surface area contributed by atoms with Gasteiger partial charge >= 0.3 is 12.1 Å². The molecule has 12 nitrogen and oxygen atoms in total. The molecule has 4 N–H and O–H groups in total. The van der Waals surface area contributed by atoms with E-state index >= 15 is 0 Å². The summed E-state index contributed by atoms with van der Waals surface area (Å²) in [7, 11) is 0. The summed E-state index contributed by atoms with van der Waals surface area (Å²) < 4.78 is 8.61. The number of thiophene rings is 3. The van der Waals surface area contributed by atoms with Crippen LogP contribution in [-0.4, -0.2) is 77.0 Å². The van der Waals surface area contributed by atoms with E-state index in [4.69, 9.17) is 20.6 Å². The number of thiazole rings is 3. The molecule has 3 saturated heterocycles. The van der Waals surface area contributed by atoms with E-state index in [1.165, 1.54) is 90.3 Å². The Morgan fingerprint density at radius 3 is 1.44 bits per heavy atom. The van der Waals surface area contributed by atoms with Crippen LogP contribution in [0.3, 0.4) is 0 Å². The van der Waals surface area contributed by atoms with Crippen LogP contribution >= 0.6 is 80.4 Å². The van der Waals surface area contributed by atoms with Gasteiger partial charge < -0.3 is 30.3 Å². The molecule has 3 aliphatic heterocycles. The minimum absolute atomic E-state index is 0. The number of ether oxygens (including phenoxy) is 1. The van der Waals surface area contributed by atoms with Gasteiger partial charge in [0.15, 0.2) is 15.4 Å². The van der Waals surface area contributed by atoms with Crippen LogP contribution in [0.1, 0.15) is 103 Å². The Hall–Kier alpha value is -3.00. The number of piperidine rings is 3. The van der Waals surface area contributed by atoms with Gasteiger partial charge in [0, 0.05) is 39.3 Å². The molecule has 9 rings (SSSR count). The Kier molecular flexibility index (Phi) is 17.0. The number of amides is 1. The summed E-state index contributed by atoms with van der Waals surface area (Å²) in [5.41, 5.74) is 5.25. The van der Waals surface area contributed by atoms with E-state index in [2.05, 4.69) is 30.0 Å². The van der Waals surface area contributed by atoms with Crippen LogP contribution in [0.2, 0.25) is 0 Å². The second-order valence-electron chi connectivity index (χ2n) is 14.4. The van der Waals surface area contributed by atoms with E-state index in [0.717, 1.165) is 83.4 Å². The van der Waals surface area contributed by atoms with E-state index in [0.29, 0.717) is 4.88 Å². The highest BCUT2D eigenvalue weighted by atomic mass is 35.5. The fourth-order valence-corrected chi connectivity index (χ4v) is 12.7. The number of fused-ring (bicyclic) bond motifs is 3. The van der Waals surface area contributed by atoms with Gasteiger partial charge in [-0.3, -0.25) is 5.32 Å². The summed E-state index contributed by atoms with van der Waals surface area (Å²) in [5, 5.41) is 16.7. The van der Waals surface area contributed by atoms with Crippen molar-refractivity contribution in [1.29, 1.82) is 0 Å². The van der Waals surface area contributed by atoms with Crippen LogP contribution in [0.15, 0.2) is 18.2 Å². The molecule has 3 fully saturated rings. The lowest BCUT2D eigenvalue weighted by Crippen LogP contribution is -2.29. The fourth-order valence-electron chi connectivity index (χ4n) is 6.42. The quantitative estimate of drug-likeness (QED) is 0.152. The lowest BCUT2D eigenvalue weighted by atomic mass is 10.1. The van der Waals surface area contributed by atoms with Gasteiger partial charge in [0.05, 0.1) is 19.1 Å². The summed E-state index contributed by atoms with van der Waals surface area (Å²) in [6, 6.07) is 5.74. The minimum atomic E-state index is -0.861. The minimum Gasteiger partial charge on any atom is -0.477 e. The molecule has 3 aliphatic rings. The standard InChI is InChI=1S/C15H21N3O2S2.C11H12N2O2S2.C10H13N3S2.2CH4.ClH/c1-15(2,3)20-14(19)16-11-9-10-12(22-11)17-13(21-10)18-7-5-4-6-8-18;14-10(15)8-6-7-9(16-8)12-11(17-7)13-4-2-1-3-5-13;11-8-6-7-9(15-8)12-10(14-7)13-4-2-1-3-5-13;;;/h9H,4-8H2,1-3H3,(H,16,19);6H,1-5H2,(H,14,15);6H,1-5,11H2;2*1H4;1H. The number of carboxylic acid groups (broad SMARTS) is 1. The number of aromatic nitrogens is 3. The van der Waals surface area contributed by atoms with Crippen LogP contribution in [-0.2, 0) is 4.74 Å². The maximum absolute atomic E-state index is 11.8. The Morgan fingerprint density at radius 1 is 0.649 bits per heavy atom. The van der Waals surface area contributed by atoms with Gasteiger partial charge in [-0.25, -0.2) is 24.5 Å². The number of nitrogens with two attached hydrogens (primary N) is 1. The van der Waals surface area contributed by atoms with Gasteiger partial charge in [-0.15, -0.1) is 23.7 Å². The van der Waals surface area contributed by atoms with Crippen molar-refractivity contribution in [2.45, 2.75) is 99.0 Å². The van der Waals surface area contributed by atoms with E-state index in [1.54, 1.807) is 51.4 Å². The highest BCUT2D eigenvalue weighted by Gasteiger charge is 2.21. The van der Waals surface area contributed by atoms with Gasteiger partial charge in [-0.05, 0) is 96.8 Å². The molecular weight excluding hydrogens is 860 g/mol. The lowest BCUT2D eigenvalue weighted by molar-refractivity contribution is 0.0634. The van der Waals surface area contributed by atoms with Crippen molar-refractivity contribution < 1.29 is 19.4 Å². The molecule has 0 radical (unpaired) electrons. The zero-order valence-electron chi connectivity index (χ0n) is 31.1. The summed E-state index contributed by atoms with van der Waals surface area (Å²) in [4.78, 5) is 46.9. The number of hydrogen-bond donors (Lipinski definition) is 3. The maximum Gasteiger partial charge on any atom is 0.412 e. The van der Waals surface area contributed by atoms with Crippen LogP contribution < -0.4 is 25.8 Å². The molecular formula is C38H55ClN8O4S6. The molecule has 6 aromatic heterocycles. The van der Waals surface area contributed by atoms with E-state index in [9.17, 15) is 9.59 Å². The molecule has 0 atom stereocenters. The number of carbonyl (C=O) groups excluding carboxylic acids is 1. The van der Waals surface area contributed by atoms with Crippen LogP contribution in [0.4, 0.5) is 30.2 Å². The predicted molar refractivity (Wildman–Crippen MR) is 253 cm³/mol. The zero-order chi connectivity index (χ0) is 37.8. The normalized spacial score (nSPS) is 15.7. The molecule has 6 aromatic rings. The number of hydrogen-bond acceptors (Lipinski definition) is 16. The zero-order valence-corrected chi connectivity index (χ0v) is 36.8. The Morgan fingerprint density at radius 2 is 1.05 bits per heavy atom. The largest absolute Gasteiger partial charge is 0.477 e. The molecule has 0 unspecified atom stereocenters. The third-order valence-corrected chi connectivity index (χ3v) is 15.4. The second-order valence-corrected chi connectivity index (χ2v) is 20.6. The molecule has 0 spiro atoms. The second kappa shape index (κ2) is 20.8. The Labute approximate surface area is 365 Å². The predicted octanol–water partition coefficient (Wildman–Crippen LogP) is 12.4. The van der Waals surface area contributed by atoms with Crippen molar-refractivity contribution in [3.63, 3.8) is 0 Å². The van der Waals surface area contributed by atoms with Gasteiger partial charge in [-0.1, -0.05) is 71.5 Å². The summed E-state index contributed by atoms with van der Waals surface area (Å²) in [6.45, 7) is 12.2. The number of aromatic carboxylic acids is 1. The molecule has 1 amide bonds. The summed E-state index contributed by atoms with van der Waals surface area (Å²) >= 11 is 9.42. The van der Waals surface area contributed by atoms with Gasteiger partial charge in [0.25, 0.3) is 0 Å². The first-order valence-corrected chi connectivity index (χ1v) is 23.3. The highest BCUT2D eigenvalue weighted by molar-refractivity contribution is 7.31. The molecule has 314 valence electrons. The number of nitrogen functional groups attached to an aromatic ring is 1. The average molecular weight is 916 g/mol.